The molecule has 0 N–H and O–H groups in total. The second-order valence-electron chi connectivity index (χ2n) is 12.1. The number of hydrogen-bond acceptors (Lipinski definition) is 5. The van der Waals surface area contributed by atoms with E-state index in [1.54, 1.807) is 0 Å². The zero-order valence-electron chi connectivity index (χ0n) is 28.3. The summed E-state index contributed by atoms with van der Waals surface area (Å²) >= 11 is 0. The molecule has 0 fully saturated rings. The Bertz CT molecular complexity index is 2510. The quantitative estimate of drug-likeness (QED) is 0.156. The van der Waals surface area contributed by atoms with E-state index in [9.17, 15) is 0 Å². The Morgan fingerprint density at radius 1 is 0.365 bits per heavy atom. The average molecular weight is 897 g/mol. The third kappa shape index (κ3) is 6.57. The van der Waals surface area contributed by atoms with Crippen LogP contribution in [0.2, 0.25) is 0 Å². The summed E-state index contributed by atoms with van der Waals surface area (Å²) in [6, 6.07) is 56.7. The molecule has 9 aromatic rings. The van der Waals surface area contributed by atoms with Crippen molar-refractivity contribution in [1.82, 2.24) is 24.9 Å². The molecular weight excluding hydrogens is 866 g/mol. The summed E-state index contributed by atoms with van der Waals surface area (Å²) in [5.74, 6) is 1.77. The van der Waals surface area contributed by atoms with Crippen LogP contribution >= 0.6 is 0 Å². The van der Waals surface area contributed by atoms with Gasteiger partial charge in [0, 0.05) is 65.3 Å². The molecule has 0 bridgehead atoms. The smallest absolute Gasteiger partial charge is 0.164 e. The van der Waals surface area contributed by atoms with Crippen molar-refractivity contribution >= 4 is 21.5 Å². The predicted molar refractivity (Wildman–Crippen MR) is 208 cm³/mol. The molecule has 0 aliphatic rings. The number of nitrogens with zero attached hydrogens (tertiary/aromatic N) is 5. The molecule has 0 unspecified atom stereocenters. The first kappa shape index (κ1) is 34.0. The predicted octanol–water partition coefficient (Wildman–Crippen LogP) is 11.2. The minimum Gasteiger partial charge on any atom is -0.358 e. The van der Waals surface area contributed by atoms with Crippen molar-refractivity contribution in [3.8, 4) is 67.8 Å². The van der Waals surface area contributed by atoms with Gasteiger partial charge < -0.3 is 7.43 Å². The van der Waals surface area contributed by atoms with Crippen molar-refractivity contribution < 1.29 is 14.3 Å². The van der Waals surface area contributed by atoms with Crippen molar-refractivity contribution in [3.63, 3.8) is 0 Å². The Morgan fingerprint density at radius 3 is 1.31 bits per heavy atom. The fourth-order valence-electron chi connectivity index (χ4n) is 6.46. The van der Waals surface area contributed by atoms with Gasteiger partial charge in [-0.15, -0.1) is 5.56 Å². The van der Waals surface area contributed by atoms with Crippen LogP contribution in [-0.2, 0) is 0 Å². The molecule has 3 aromatic heterocycles. The Kier molecular flexibility index (Phi) is 9.68. The molecule has 52 heavy (non-hydrogen) atoms. The van der Waals surface area contributed by atoms with E-state index >= 15 is 0 Å². The topological polar surface area (TPSA) is 64.5 Å². The Hall–Kier alpha value is -6.46. The first-order valence-corrected chi connectivity index (χ1v) is 16.5. The van der Waals surface area contributed by atoms with E-state index in [0.717, 1.165) is 71.9 Å². The van der Waals surface area contributed by atoms with Crippen molar-refractivity contribution in [2.45, 2.75) is 0 Å². The van der Waals surface area contributed by atoms with Crippen LogP contribution in [0.1, 0.15) is 0 Å². The summed E-state index contributed by atoms with van der Waals surface area (Å²) in [5.41, 5.74) is 8.74. The van der Waals surface area contributed by atoms with Gasteiger partial charge in [0.2, 0.25) is 0 Å². The third-order valence-electron chi connectivity index (χ3n) is 8.97. The van der Waals surface area contributed by atoms with Crippen LogP contribution in [-0.4, -0.2) is 24.9 Å². The van der Waals surface area contributed by atoms with Crippen molar-refractivity contribution in [2.24, 2.45) is 0 Å². The van der Waals surface area contributed by atoms with Gasteiger partial charge in [-0.3, -0.25) is 9.97 Å². The molecular formula is C46H31AmN5-2. The first-order valence-electron chi connectivity index (χ1n) is 16.5. The van der Waals surface area contributed by atoms with Crippen LogP contribution in [0, 0.1) is 27.8 Å². The van der Waals surface area contributed by atoms with Gasteiger partial charge in [-0.05, 0) is 40.6 Å². The second kappa shape index (κ2) is 14.8. The van der Waals surface area contributed by atoms with E-state index < -0.39 is 0 Å². The SMILES string of the molecule is [Am].[CH3-].[c-]1ccc(-c2ccc(-c3nc(-c4cccc(-c5nccc6ccccc56)c4)nc(-c4cccc(-c5nccc6ccccc56)c4)n3)cc2)cc1. The standard InChI is InChI=1S/C45H28N5.CH3.Am/c1-2-10-30(11-3-1)31-20-22-34(23-21-31)43-48-44(37-16-8-14-35(28-37)41-39-18-6-4-12-32(39)24-26-46-41)50-45(49-43)38-17-9-15-36(29-38)42-40-19-7-5-13-33(40)25-27-47-42;;/h2-29H;1H3;/q2*-1;. The number of aromatic nitrogens is 5. The molecule has 9 rings (SSSR count). The van der Waals surface area contributed by atoms with Gasteiger partial charge in [0.05, 0.1) is 11.4 Å². The van der Waals surface area contributed by atoms with Crippen molar-refractivity contribution in [3.05, 3.63) is 184 Å². The van der Waals surface area contributed by atoms with Crippen LogP contribution < -0.4 is 0 Å². The second-order valence-corrected chi connectivity index (χ2v) is 12.1. The Labute approximate surface area is 311 Å². The summed E-state index contributed by atoms with van der Waals surface area (Å²) in [6.07, 6.45) is 3.72. The molecule has 0 saturated heterocycles. The van der Waals surface area contributed by atoms with Gasteiger partial charge in [0.15, 0.2) is 17.5 Å². The van der Waals surface area contributed by atoms with E-state index in [-0.39, 0.29) is 21.7 Å². The number of pyridine rings is 2. The van der Waals surface area contributed by atoms with Crippen LogP contribution in [0.25, 0.3) is 89.4 Å². The number of hydrogen-bond donors (Lipinski definition) is 0. The zero-order chi connectivity index (χ0) is 33.3. The van der Waals surface area contributed by atoms with E-state index in [4.69, 9.17) is 24.9 Å². The summed E-state index contributed by atoms with van der Waals surface area (Å²) in [4.78, 5) is 24.8. The maximum Gasteiger partial charge on any atom is 0.164 e. The molecule has 0 amide bonds. The van der Waals surface area contributed by atoms with Gasteiger partial charge in [-0.2, -0.15) is 30.3 Å². The van der Waals surface area contributed by atoms with Gasteiger partial charge in [0.25, 0.3) is 0 Å². The summed E-state index contributed by atoms with van der Waals surface area (Å²) in [6.45, 7) is 0. The van der Waals surface area contributed by atoms with Crippen LogP contribution in [0.3, 0.4) is 0 Å². The average Bonchev–Trinajstić information content (AvgIpc) is 3.21. The van der Waals surface area contributed by atoms with E-state index in [1.807, 2.05) is 85.2 Å². The molecule has 5 nitrogen and oxygen atoms in total. The minimum absolute atomic E-state index is 0. The molecule has 0 atom stereocenters. The molecule has 0 aliphatic heterocycles. The third-order valence-corrected chi connectivity index (χ3v) is 8.97. The largest absolute Gasteiger partial charge is 0.358 e. The monoisotopic (exact) mass is 894 g/mol. The van der Waals surface area contributed by atoms with Crippen molar-refractivity contribution in [2.75, 3.05) is 0 Å². The maximum atomic E-state index is 5.09. The van der Waals surface area contributed by atoms with Gasteiger partial charge >= 0.3 is 0 Å². The zero-order valence-corrected chi connectivity index (χ0v) is 31.4. The van der Waals surface area contributed by atoms with Gasteiger partial charge in [-0.1, -0.05) is 109 Å². The summed E-state index contributed by atoms with van der Waals surface area (Å²) in [7, 11) is 0. The number of fused-ring (bicyclic) bond motifs is 2. The summed E-state index contributed by atoms with van der Waals surface area (Å²) in [5, 5.41) is 4.48. The van der Waals surface area contributed by atoms with Gasteiger partial charge in [0.1, 0.15) is 0 Å². The van der Waals surface area contributed by atoms with Crippen LogP contribution in [0.4, 0.5) is 0 Å². The van der Waals surface area contributed by atoms with Crippen LogP contribution in [0.5, 0.6) is 0 Å². The first-order chi connectivity index (χ1) is 24.8. The van der Waals surface area contributed by atoms with Crippen molar-refractivity contribution in [1.29, 1.82) is 0 Å². The minimum atomic E-state index is 0. The Morgan fingerprint density at radius 2 is 0.788 bits per heavy atom. The number of benzene rings is 6. The molecule has 1 radical (unpaired) electrons. The molecule has 249 valence electrons. The fraction of sp³-hybridized carbons (Fsp3) is 0. The maximum absolute atomic E-state index is 5.09. The molecule has 6 aromatic carbocycles. The molecule has 0 spiro atoms. The Balaban J connectivity index is 0.00000210. The summed E-state index contributed by atoms with van der Waals surface area (Å²) < 4.78 is 0. The molecule has 0 saturated carbocycles. The van der Waals surface area contributed by atoms with E-state index in [0.29, 0.717) is 17.5 Å². The van der Waals surface area contributed by atoms with Crippen LogP contribution in [0.15, 0.2) is 170 Å². The molecule has 3 heterocycles. The normalized spacial score (nSPS) is 10.8. The van der Waals surface area contributed by atoms with E-state index in [1.165, 1.54) is 0 Å². The van der Waals surface area contributed by atoms with E-state index in [2.05, 4.69) is 91.0 Å². The number of rotatable bonds is 6. The molecule has 6 heteroatoms. The van der Waals surface area contributed by atoms with Gasteiger partial charge in [-0.25, -0.2) is 15.0 Å². The fourth-order valence-corrected chi connectivity index (χ4v) is 6.46. The molecule has 0 aliphatic carbocycles.